The van der Waals surface area contributed by atoms with Gasteiger partial charge in [0, 0.05) is 12.3 Å². The van der Waals surface area contributed by atoms with Crippen LogP contribution in [0.5, 0.6) is 5.75 Å². The Balaban J connectivity index is 2.62. The number of aromatic nitrogens is 2. The largest absolute Gasteiger partial charge is 0.508 e. The molecule has 0 saturated heterocycles. The fourth-order valence-electron chi connectivity index (χ4n) is 1.19. The van der Waals surface area contributed by atoms with Crippen LogP contribution in [0.25, 0.3) is 5.69 Å². The van der Waals surface area contributed by atoms with Crippen molar-refractivity contribution in [1.82, 2.24) is 9.55 Å². The SMILES string of the molecule is Cc1nc#cn1-c1cc(O)ccc1F. The number of rotatable bonds is 1. The van der Waals surface area contributed by atoms with Gasteiger partial charge in [-0.15, -0.1) is 0 Å². The Labute approximate surface area is 80.5 Å². The van der Waals surface area contributed by atoms with E-state index in [9.17, 15) is 9.50 Å². The molecule has 3 nitrogen and oxygen atoms in total. The minimum absolute atomic E-state index is 0.00269. The van der Waals surface area contributed by atoms with E-state index in [1.54, 1.807) is 6.92 Å². The number of hydrogen-bond acceptors (Lipinski definition) is 2. The lowest BCUT2D eigenvalue weighted by Crippen LogP contribution is -1.98. The normalized spacial score (nSPS) is 9.86. The molecule has 1 heterocycles. The molecular weight excluding hydrogens is 183 g/mol. The molecule has 1 aromatic carbocycles. The molecule has 0 saturated carbocycles. The molecule has 0 unspecified atom stereocenters. The summed E-state index contributed by atoms with van der Waals surface area (Å²) in [5.41, 5.74) is 0.219. The first-order valence-electron chi connectivity index (χ1n) is 4.02. The van der Waals surface area contributed by atoms with Gasteiger partial charge < -0.3 is 5.11 Å². The monoisotopic (exact) mass is 190 g/mol. The highest BCUT2D eigenvalue weighted by molar-refractivity contribution is 5.40. The van der Waals surface area contributed by atoms with Gasteiger partial charge in [0.05, 0.1) is 11.9 Å². The first kappa shape index (κ1) is 8.57. The molecule has 0 atom stereocenters. The summed E-state index contributed by atoms with van der Waals surface area (Å²) in [5.74, 6) is 0.131. The molecule has 2 aromatic rings. The van der Waals surface area contributed by atoms with Crippen molar-refractivity contribution in [3.05, 3.63) is 42.2 Å². The Morgan fingerprint density at radius 1 is 1.50 bits per heavy atom. The lowest BCUT2D eigenvalue weighted by molar-refractivity contribution is 0.472. The first-order chi connectivity index (χ1) is 6.68. The summed E-state index contributed by atoms with van der Waals surface area (Å²) < 4.78 is 14.7. The van der Waals surface area contributed by atoms with Gasteiger partial charge in [0.2, 0.25) is 0 Å². The van der Waals surface area contributed by atoms with Gasteiger partial charge in [-0.2, -0.15) is 4.98 Å². The van der Waals surface area contributed by atoms with E-state index in [-0.39, 0.29) is 11.4 Å². The third-order valence-corrected chi connectivity index (χ3v) is 1.87. The van der Waals surface area contributed by atoms with Gasteiger partial charge in [-0.05, 0) is 19.1 Å². The Bertz CT molecular complexity index is 465. The van der Waals surface area contributed by atoms with Crippen molar-refractivity contribution in [3.63, 3.8) is 0 Å². The highest BCUT2D eigenvalue weighted by atomic mass is 19.1. The molecule has 70 valence electrons. The molecule has 0 spiro atoms. The Morgan fingerprint density at radius 2 is 2.29 bits per heavy atom. The maximum atomic E-state index is 13.3. The molecule has 0 radical (unpaired) electrons. The molecule has 0 aliphatic carbocycles. The summed E-state index contributed by atoms with van der Waals surface area (Å²) in [6, 6.07) is 3.79. The van der Waals surface area contributed by atoms with Crippen LogP contribution in [-0.4, -0.2) is 14.7 Å². The van der Waals surface area contributed by atoms with E-state index in [0.717, 1.165) is 0 Å². The van der Waals surface area contributed by atoms with Gasteiger partial charge in [-0.3, -0.25) is 4.57 Å². The van der Waals surface area contributed by atoms with Crippen molar-refractivity contribution in [2.24, 2.45) is 0 Å². The number of phenols is 1. The van der Waals surface area contributed by atoms with Gasteiger partial charge in [0.1, 0.15) is 17.4 Å². The van der Waals surface area contributed by atoms with Crippen LogP contribution in [0.15, 0.2) is 18.2 Å². The van der Waals surface area contributed by atoms with Crippen molar-refractivity contribution in [1.29, 1.82) is 0 Å². The van der Waals surface area contributed by atoms with Gasteiger partial charge in [-0.25, -0.2) is 4.39 Å². The fraction of sp³-hybridized carbons (Fsp3) is 0.100. The van der Waals surface area contributed by atoms with Crippen LogP contribution in [0.3, 0.4) is 0 Å². The predicted octanol–water partition coefficient (Wildman–Crippen LogP) is 1.63. The Morgan fingerprint density at radius 3 is 2.93 bits per heavy atom. The molecule has 1 N–H and O–H groups in total. The third kappa shape index (κ3) is 1.29. The molecule has 0 fully saturated rings. The summed E-state index contributed by atoms with van der Waals surface area (Å²) in [6.45, 7) is 1.70. The van der Waals surface area contributed by atoms with Gasteiger partial charge in [0.15, 0.2) is 0 Å². The van der Waals surface area contributed by atoms with Crippen molar-refractivity contribution >= 4 is 0 Å². The van der Waals surface area contributed by atoms with E-state index in [4.69, 9.17) is 0 Å². The van der Waals surface area contributed by atoms with Gasteiger partial charge >= 0.3 is 0 Å². The number of phenolic OH excluding ortho intramolecular Hbond substituents is 1. The second kappa shape index (κ2) is 3.04. The molecule has 4 heteroatoms. The zero-order valence-electron chi connectivity index (χ0n) is 7.45. The maximum Gasteiger partial charge on any atom is 0.148 e. The smallest absolute Gasteiger partial charge is 0.148 e. The molecule has 0 amide bonds. The van der Waals surface area contributed by atoms with Crippen LogP contribution < -0.4 is 0 Å². The molecule has 0 aliphatic rings. The number of nitrogens with zero attached hydrogens (tertiary/aromatic N) is 2. The van der Waals surface area contributed by atoms with E-state index < -0.39 is 5.82 Å². The number of halogens is 1. The molecule has 0 bridgehead atoms. The maximum absolute atomic E-state index is 13.3. The average molecular weight is 190 g/mol. The molecule has 0 aliphatic heterocycles. The Hall–Kier alpha value is -2.02. The highest BCUT2D eigenvalue weighted by Gasteiger charge is 2.07. The summed E-state index contributed by atoms with van der Waals surface area (Å²) in [4.78, 5) is 3.80. The van der Waals surface area contributed by atoms with Crippen LogP contribution in [-0.2, 0) is 0 Å². The lowest BCUT2D eigenvalue weighted by atomic mass is 10.3. The second-order valence-electron chi connectivity index (χ2n) is 2.85. The zero-order valence-corrected chi connectivity index (χ0v) is 7.45. The van der Waals surface area contributed by atoms with Crippen LogP contribution in [0.1, 0.15) is 5.82 Å². The van der Waals surface area contributed by atoms with E-state index >= 15 is 0 Å². The van der Waals surface area contributed by atoms with Crippen LogP contribution in [0, 0.1) is 25.1 Å². The molecule has 2 rings (SSSR count). The van der Waals surface area contributed by atoms with Crippen LogP contribution in [0.2, 0.25) is 0 Å². The second-order valence-corrected chi connectivity index (χ2v) is 2.85. The summed E-state index contributed by atoms with van der Waals surface area (Å²) in [5, 5.41) is 9.20. The molecule has 1 aromatic heterocycles. The number of aromatic hydroxyl groups is 1. The summed E-state index contributed by atoms with van der Waals surface area (Å²) in [6.07, 6.45) is 5.10. The Kier molecular flexibility index (Phi) is 1.86. The summed E-state index contributed by atoms with van der Waals surface area (Å²) >= 11 is 0. The molecular formula is C10H7FN2O. The number of benzene rings is 1. The van der Waals surface area contributed by atoms with Crippen molar-refractivity contribution < 1.29 is 9.50 Å². The van der Waals surface area contributed by atoms with Crippen molar-refractivity contribution in [3.8, 4) is 11.4 Å². The third-order valence-electron chi connectivity index (χ3n) is 1.87. The van der Waals surface area contributed by atoms with Crippen LogP contribution in [0.4, 0.5) is 4.39 Å². The first-order valence-corrected chi connectivity index (χ1v) is 4.02. The van der Waals surface area contributed by atoms with Gasteiger partial charge in [-0.1, -0.05) is 0 Å². The number of hydrogen-bond donors (Lipinski definition) is 1. The minimum atomic E-state index is -0.437. The van der Waals surface area contributed by atoms with Gasteiger partial charge in [0.25, 0.3) is 0 Å². The zero-order chi connectivity index (χ0) is 10.1. The minimum Gasteiger partial charge on any atom is -0.508 e. The van der Waals surface area contributed by atoms with Crippen molar-refractivity contribution in [2.75, 3.05) is 0 Å². The predicted molar refractivity (Wildman–Crippen MR) is 47.6 cm³/mol. The highest BCUT2D eigenvalue weighted by Crippen LogP contribution is 2.19. The quantitative estimate of drug-likeness (QED) is 0.742. The summed E-state index contributed by atoms with van der Waals surface area (Å²) in [7, 11) is 0. The standard InChI is InChI=1S/C10H7FN2O/c1-7-12-4-5-13(7)10-6-8(14)2-3-9(10)11/h2-3,6,14H,1H3. The van der Waals surface area contributed by atoms with E-state index in [0.29, 0.717) is 5.82 Å². The fourth-order valence-corrected chi connectivity index (χ4v) is 1.19. The topological polar surface area (TPSA) is 38.0 Å². The van der Waals surface area contributed by atoms with E-state index in [2.05, 4.69) is 17.4 Å². The van der Waals surface area contributed by atoms with Crippen molar-refractivity contribution in [2.45, 2.75) is 6.92 Å². The number of aryl methyl sites for hydroxylation is 1. The van der Waals surface area contributed by atoms with E-state index in [1.807, 2.05) is 0 Å². The van der Waals surface area contributed by atoms with Crippen LogP contribution >= 0.6 is 0 Å². The average Bonchev–Trinajstić information content (AvgIpc) is 2.56. The van der Waals surface area contributed by atoms with E-state index in [1.165, 1.54) is 22.8 Å². The lowest BCUT2D eigenvalue weighted by Gasteiger charge is -2.04. The molecule has 14 heavy (non-hydrogen) atoms.